The van der Waals surface area contributed by atoms with Crippen LogP contribution in [0, 0.1) is 11.3 Å². The number of likely N-dealkylation sites (tertiary alicyclic amines) is 1. The molecular formula is C20H26N6O. The first-order valence-electron chi connectivity index (χ1n) is 9.63. The fourth-order valence-corrected chi connectivity index (χ4v) is 4.18. The van der Waals surface area contributed by atoms with E-state index < -0.39 is 5.72 Å². The monoisotopic (exact) mass is 366 g/mol. The van der Waals surface area contributed by atoms with Gasteiger partial charge in [-0.2, -0.15) is 5.26 Å². The quantitative estimate of drug-likeness (QED) is 0.864. The first-order valence-corrected chi connectivity index (χ1v) is 9.63. The summed E-state index contributed by atoms with van der Waals surface area (Å²) in [6, 6.07) is 10.8. The molecule has 142 valence electrons. The summed E-state index contributed by atoms with van der Waals surface area (Å²) in [7, 11) is 2.15. The van der Waals surface area contributed by atoms with Crippen molar-refractivity contribution >= 4 is 16.7 Å². The van der Waals surface area contributed by atoms with Gasteiger partial charge < -0.3 is 19.9 Å². The Morgan fingerprint density at radius 3 is 3.04 bits per heavy atom. The van der Waals surface area contributed by atoms with Gasteiger partial charge in [-0.15, -0.1) is 0 Å². The Labute approximate surface area is 159 Å². The molecule has 1 unspecified atom stereocenters. The van der Waals surface area contributed by atoms with E-state index in [-0.39, 0.29) is 6.42 Å². The van der Waals surface area contributed by atoms with E-state index in [0.717, 1.165) is 42.8 Å². The van der Waals surface area contributed by atoms with Crippen molar-refractivity contribution in [3.63, 3.8) is 0 Å². The number of rotatable bonds is 5. The van der Waals surface area contributed by atoms with Crippen LogP contribution >= 0.6 is 0 Å². The average molecular weight is 366 g/mol. The molecule has 0 saturated carbocycles. The molecule has 1 aromatic carbocycles. The Morgan fingerprint density at radius 2 is 2.22 bits per heavy atom. The number of fused-ring (bicyclic) bond motifs is 1. The maximum absolute atomic E-state index is 9.58. The molecule has 2 aliphatic rings. The van der Waals surface area contributed by atoms with Crippen molar-refractivity contribution < 1.29 is 4.74 Å². The molecule has 2 aliphatic heterocycles. The van der Waals surface area contributed by atoms with Crippen molar-refractivity contribution in [2.75, 3.05) is 44.7 Å². The van der Waals surface area contributed by atoms with E-state index >= 15 is 0 Å². The molecule has 0 amide bonds. The van der Waals surface area contributed by atoms with Crippen LogP contribution in [-0.4, -0.2) is 66.5 Å². The molecule has 4 rings (SSSR count). The molecule has 1 aromatic heterocycles. The predicted octanol–water partition coefficient (Wildman–Crippen LogP) is 1.76. The number of nitrogens with zero attached hydrogens (tertiary/aromatic N) is 5. The molecule has 0 spiro atoms. The summed E-state index contributed by atoms with van der Waals surface area (Å²) in [4.78, 5) is 13.5. The lowest BCUT2D eigenvalue weighted by Crippen LogP contribution is -2.64. The van der Waals surface area contributed by atoms with Crippen LogP contribution in [0.15, 0.2) is 30.6 Å². The maximum Gasteiger partial charge on any atom is 0.167 e. The van der Waals surface area contributed by atoms with Crippen LogP contribution in [0.5, 0.6) is 0 Å². The number of para-hydroxylation sites is 1. The Bertz CT molecular complexity index is 831. The summed E-state index contributed by atoms with van der Waals surface area (Å²) in [5, 5.41) is 14.0. The predicted molar refractivity (Wildman–Crippen MR) is 104 cm³/mol. The number of hydrogen-bond donors (Lipinski definition) is 1. The molecule has 0 radical (unpaired) electrons. The van der Waals surface area contributed by atoms with Crippen LogP contribution in [0.4, 0.5) is 5.82 Å². The topological polar surface area (TPSA) is 77.3 Å². The Balaban J connectivity index is 1.68. The normalized spacial score (nSPS) is 26.4. The van der Waals surface area contributed by atoms with Crippen molar-refractivity contribution in [1.82, 2.24) is 20.2 Å². The number of hydrogen-bond acceptors (Lipinski definition) is 7. The van der Waals surface area contributed by atoms with Gasteiger partial charge in [-0.1, -0.05) is 12.1 Å². The number of benzene rings is 1. The van der Waals surface area contributed by atoms with Gasteiger partial charge in [-0.3, -0.25) is 0 Å². The number of anilines is 1. The number of aromatic nitrogens is 2. The lowest BCUT2D eigenvalue weighted by atomic mass is 10.0. The van der Waals surface area contributed by atoms with Gasteiger partial charge in [0.25, 0.3) is 0 Å². The lowest BCUT2D eigenvalue weighted by molar-refractivity contribution is -0.0669. The highest BCUT2D eigenvalue weighted by Crippen LogP contribution is 2.33. The van der Waals surface area contributed by atoms with Gasteiger partial charge in [0.15, 0.2) is 5.72 Å². The van der Waals surface area contributed by atoms with E-state index in [1.807, 2.05) is 24.3 Å². The molecule has 0 aliphatic carbocycles. The molecule has 2 atom stereocenters. The standard InChI is InChI=1S/C20H26N6O/c1-25-11-4-5-16(25)13-27-20(8-9-21)14-22-10-12-26(20)19-17-6-2-3-7-18(17)23-15-24-19/h2-3,6-7,15-16,22H,4-5,8,10-14H2,1H3/t16-,20?/m0/s1. The Kier molecular flexibility index (Phi) is 5.21. The van der Waals surface area contributed by atoms with E-state index in [1.165, 1.54) is 6.42 Å². The van der Waals surface area contributed by atoms with Gasteiger partial charge in [0.05, 0.1) is 24.6 Å². The number of nitriles is 1. The Hall–Kier alpha value is -2.27. The summed E-state index contributed by atoms with van der Waals surface area (Å²) < 4.78 is 6.52. The zero-order chi connectivity index (χ0) is 18.7. The smallest absolute Gasteiger partial charge is 0.167 e. The minimum Gasteiger partial charge on any atom is -0.351 e. The van der Waals surface area contributed by atoms with Gasteiger partial charge >= 0.3 is 0 Å². The van der Waals surface area contributed by atoms with E-state index in [2.05, 4.69) is 38.2 Å². The second-order valence-electron chi connectivity index (χ2n) is 7.41. The highest BCUT2D eigenvalue weighted by molar-refractivity contribution is 5.89. The lowest BCUT2D eigenvalue weighted by Gasteiger charge is -2.47. The van der Waals surface area contributed by atoms with Crippen LogP contribution in [0.3, 0.4) is 0 Å². The van der Waals surface area contributed by atoms with Crippen LogP contribution in [0.2, 0.25) is 0 Å². The van der Waals surface area contributed by atoms with Gasteiger partial charge in [0.2, 0.25) is 0 Å². The number of piperazine rings is 1. The molecule has 2 fully saturated rings. The van der Waals surface area contributed by atoms with Crippen LogP contribution in [0.25, 0.3) is 10.9 Å². The summed E-state index contributed by atoms with van der Waals surface area (Å²) >= 11 is 0. The molecule has 1 N–H and O–H groups in total. The maximum atomic E-state index is 9.58. The van der Waals surface area contributed by atoms with E-state index in [4.69, 9.17) is 4.74 Å². The van der Waals surface area contributed by atoms with E-state index in [1.54, 1.807) is 6.33 Å². The largest absolute Gasteiger partial charge is 0.351 e. The fraction of sp³-hybridized carbons (Fsp3) is 0.550. The van der Waals surface area contributed by atoms with Crippen molar-refractivity contribution in [2.45, 2.75) is 31.0 Å². The van der Waals surface area contributed by atoms with E-state index in [0.29, 0.717) is 19.2 Å². The summed E-state index contributed by atoms with van der Waals surface area (Å²) in [5.41, 5.74) is 0.190. The number of likely N-dealkylation sites (N-methyl/N-ethyl adjacent to an activating group) is 1. The molecule has 27 heavy (non-hydrogen) atoms. The first kappa shape index (κ1) is 18.1. The van der Waals surface area contributed by atoms with Crippen molar-refractivity contribution in [3.8, 4) is 6.07 Å². The van der Waals surface area contributed by atoms with Gasteiger partial charge in [-0.05, 0) is 38.6 Å². The van der Waals surface area contributed by atoms with Gasteiger partial charge in [-0.25, -0.2) is 9.97 Å². The van der Waals surface area contributed by atoms with Crippen molar-refractivity contribution in [3.05, 3.63) is 30.6 Å². The third kappa shape index (κ3) is 3.48. The van der Waals surface area contributed by atoms with Gasteiger partial charge in [0, 0.05) is 31.1 Å². The van der Waals surface area contributed by atoms with Gasteiger partial charge in [0.1, 0.15) is 12.1 Å². The van der Waals surface area contributed by atoms with Crippen LogP contribution in [-0.2, 0) is 4.74 Å². The minimum atomic E-state index is -0.715. The summed E-state index contributed by atoms with van der Waals surface area (Å²) in [6.07, 6.45) is 4.23. The molecule has 0 bridgehead atoms. The zero-order valence-electron chi connectivity index (χ0n) is 15.8. The van der Waals surface area contributed by atoms with Crippen molar-refractivity contribution in [1.29, 1.82) is 5.26 Å². The minimum absolute atomic E-state index is 0.286. The Morgan fingerprint density at radius 1 is 1.33 bits per heavy atom. The SMILES string of the molecule is CN1CCC[C@H]1COC1(CC#N)CNCCN1c1ncnc2ccccc12. The second kappa shape index (κ2) is 7.77. The fourth-order valence-electron chi connectivity index (χ4n) is 4.18. The highest BCUT2D eigenvalue weighted by Gasteiger charge is 2.42. The number of ether oxygens (including phenoxy) is 1. The molecule has 3 heterocycles. The molecule has 2 saturated heterocycles. The van der Waals surface area contributed by atoms with Crippen LogP contribution in [0.1, 0.15) is 19.3 Å². The number of nitrogens with one attached hydrogen (secondary N) is 1. The average Bonchev–Trinajstić information content (AvgIpc) is 3.12. The molecular weight excluding hydrogens is 340 g/mol. The second-order valence-corrected chi connectivity index (χ2v) is 7.41. The zero-order valence-corrected chi connectivity index (χ0v) is 15.8. The molecule has 7 nitrogen and oxygen atoms in total. The molecule has 7 heteroatoms. The van der Waals surface area contributed by atoms with E-state index in [9.17, 15) is 5.26 Å². The third-order valence-electron chi connectivity index (χ3n) is 5.75. The summed E-state index contributed by atoms with van der Waals surface area (Å²) in [5.74, 6) is 0.845. The molecule has 2 aromatic rings. The highest BCUT2D eigenvalue weighted by atomic mass is 16.5. The summed E-state index contributed by atoms with van der Waals surface area (Å²) in [6.45, 7) is 3.91. The van der Waals surface area contributed by atoms with Crippen LogP contribution < -0.4 is 10.2 Å². The first-order chi connectivity index (χ1) is 13.2. The third-order valence-corrected chi connectivity index (χ3v) is 5.75. The van der Waals surface area contributed by atoms with Crippen molar-refractivity contribution in [2.24, 2.45) is 0 Å².